The topological polar surface area (TPSA) is 78.9 Å². The van der Waals surface area contributed by atoms with E-state index in [0.29, 0.717) is 10.6 Å². The Balaban J connectivity index is 1.91. The molecule has 3 rings (SSSR count). The fourth-order valence-corrected chi connectivity index (χ4v) is 3.76. The van der Waals surface area contributed by atoms with Crippen molar-refractivity contribution in [1.82, 2.24) is 0 Å². The van der Waals surface area contributed by atoms with Crippen LogP contribution in [0.3, 0.4) is 0 Å². The average molecular weight is 301 g/mol. The highest BCUT2D eigenvalue weighted by molar-refractivity contribution is 7.16. The predicted molar refractivity (Wildman–Crippen MR) is 79.8 cm³/mol. The molecule has 1 aliphatic carbocycles. The first-order chi connectivity index (χ1) is 10.1. The van der Waals surface area contributed by atoms with Crippen LogP contribution in [0, 0.1) is 17.1 Å². The molecule has 1 amide bonds. The van der Waals surface area contributed by atoms with E-state index in [1.54, 1.807) is 0 Å². The Morgan fingerprint density at radius 1 is 1.43 bits per heavy atom. The molecule has 0 radical (unpaired) electrons. The molecule has 6 heteroatoms. The van der Waals surface area contributed by atoms with Gasteiger partial charge in [0.2, 0.25) is 0 Å². The quantitative estimate of drug-likeness (QED) is 0.837. The summed E-state index contributed by atoms with van der Waals surface area (Å²) in [6.07, 6.45) is 2.88. The third-order valence-corrected chi connectivity index (χ3v) is 4.73. The summed E-state index contributed by atoms with van der Waals surface area (Å²) in [5.41, 5.74) is 7.53. The molecule has 1 aliphatic rings. The number of rotatable bonds is 2. The first-order valence-corrected chi connectivity index (χ1v) is 7.33. The summed E-state index contributed by atoms with van der Waals surface area (Å²) in [5, 5.41) is 12.6. The fraction of sp³-hybridized carbons (Fsp3) is 0.200. The number of nitrogens with one attached hydrogen (secondary N) is 1. The van der Waals surface area contributed by atoms with Gasteiger partial charge in [0.15, 0.2) is 0 Å². The van der Waals surface area contributed by atoms with Crippen LogP contribution in [0.15, 0.2) is 18.2 Å². The van der Waals surface area contributed by atoms with E-state index < -0.39 is 11.7 Å². The lowest BCUT2D eigenvalue weighted by atomic mass is 10.1. The molecule has 0 saturated heterocycles. The fourth-order valence-electron chi connectivity index (χ4n) is 2.52. The van der Waals surface area contributed by atoms with Crippen molar-refractivity contribution in [2.45, 2.75) is 19.3 Å². The summed E-state index contributed by atoms with van der Waals surface area (Å²) in [5.74, 6) is -0.916. The second-order valence-corrected chi connectivity index (χ2v) is 5.96. The molecule has 3 N–H and O–H groups in total. The molecular formula is C15H12FN3OS. The van der Waals surface area contributed by atoms with Gasteiger partial charge in [0.25, 0.3) is 5.91 Å². The third kappa shape index (κ3) is 2.36. The molecule has 4 nitrogen and oxygen atoms in total. The maximum atomic E-state index is 13.0. The van der Waals surface area contributed by atoms with Crippen molar-refractivity contribution < 1.29 is 9.18 Å². The molecule has 0 fully saturated rings. The Kier molecular flexibility index (Phi) is 3.35. The van der Waals surface area contributed by atoms with Crippen molar-refractivity contribution in [3.8, 4) is 6.07 Å². The van der Waals surface area contributed by atoms with Crippen LogP contribution < -0.4 is 11.1 Å². The van der Waals surface area contributed by atoms with Gasteiger partial charge >= 0.3 is 0 Å². The van der Waals surface area contributed by atoms with E-state index in [-0.39, 0.29) is 11.3 Å². The molecule has 0 bridgehead atoms. The lowest BCUT2D eigenvalue weighted by Crippen LogP contribution is -2.14. The SMILES string of the molecule is N#Cc1c(NC(=O)c2ccc(F)cc2N)sc2c1CCC2. The second-order valence-electron chi connectivity index (χ2n) is 4.86. The molecule has 0 atom stereocenters. The number of thiophene rings is 1. The number of nitriles is 1. The van der Waals surface area contributed by atoms with Gasteiger partial charge in [0.05, 0.1) is 11.1 Å². The van der Waals surface area contributed by atoms with Crippen molar-refractivity contribution in [3.63, 3.8) is 0 Å². The number of hydrogen-bond donors (Lipinski definition) is 2. The Labute approximate surface area is 125 Å². The Morgan fingerprint density at radius 2 is 2.24 bits per heavy atom. The normalized spacial score (nSPS) is 12.8. The Bertz CT molecular complexity index is 776. The molecule has 0 unspecified atom stereocenters. The summed E-state index contributed by atoms with van der Waals surface area (Å²) in [6, 6.07) is 5.79. The predicted octanol–water partition coefficient (Wildman–Crippen LogP) is 3.08. The minimum atomic E-state index is -0.489. The van der Waals surface area contributed by atoms with Crippen LogP contribution in [0.2, 0.25) is 0 Å². The van der Waals surface area contributed by atoms with Gasteiger partial charge in [0, 0.05) is 10.6 Å². The van der Waals surface area contributed by atoms with E-state index in [4.69, 9.17) is 5.73 Å². The van der Waals surface area contributed by atoms with Crippen LogP contribution in [0.4, 0.5) is 15.1 Å². The number of fused-ring (bicyclic) bond motifs is 1. The van der Waals surface area contributed by atoms with E-state index in [9.17, 15) is 14.4 Å². The molecule has 0 saturated carbocycles. The number of benzene rings is 1. The highest BCUT2D eigenvalue weighted by Crippen LogP contribution is 2.38. The van der Waals surface area contributed by atoms with Crippen LogP contribution in [0.1, 0.15) is 32.8 Å². The van der Waals surface area contributed by atoms with Gasteiger partial charge in [-0.05, 0) is 43.0 Å². The van der Waals surface area contributed by atoms with Crippen LogP contribution in [-0.2, 0) is 12.8 Å². The Hall–Kier alpha value is -2.39. The summed E-state index contributed by atoms with van der Waals surface area (Å²) < 4.78 is 13.0. The van der Waals surface area contributed by atoms with E-state index >= 15 is 0 Å². The van der Waals surface area contributed by atoms with Crippen molar-refractivity contribution in [1.29, 1.82) is 5.26 Å². The summed E-state index contributed by atoms with van der Waals surface area (Å²) in [6.45, 7) is 0. The smallest absolute Gasteiger partial charge is 0.258 e. The van der Waals surface area contributed by atoms with Crippen molar-refractivity contribution in [2.24, 2.45) is 0 Å². The number of halogens is 1. The number of nitrogen functional groups attached to an aromatic ring is 1. The number of aryl methyl sites for hydroxylation is 1. The van der Waals surface area contributed by atoms with Crippen molar-refractivity contribution >= 4 is 27.9 Å². The van der Waals surface area contributed by atoms with E-state index in [2.05, 4.69) is 11.4 Å². The minimum absolute atomic E-state index is 0.0788. The van der Waals surface area contributed by atoms with Gasteiger partial charge in [-0.3, -0.25) is 4.79 Å². The highest BCUT2D eigenvalue weighted by Gasteiger charge is 2.23. The van der Waals surface area contributed by atoms with E-state index in [1.165, 1.54) is 23.5 Å². The Morgan fingerprint density at radius 3 is 2.95 bits per heavy atom. The second kappa shape index (κ2) is 5.19. The molecule has 106 valence electrons. The lowest BCUT2D eigenvalue weighted by Gasteiger charge is -2.06. The van der Waals surface area contributed by atoms with Gasteiger partial charge < -0.3 is 11.1 Å². The monoisotopic (exact) mass is 301 g/mol. The largest absolute Gasteiger partial charge is 0.398 e. The zero-order valence-corrected chi connectivity index (χ0v) is 11.9. The maximum absolute atomic E-state index is 13.0. The molecular weight excluding hydrogens is 289 g/mol. The lowest BCUT2D eigenvalue weighted by molar-refractivity contribution is 0.102. The molecule has 1 aromatic carbocycles. The van der Waals surface area contributed by atoms with Crippen LogP contribution in [0.25, 0.3) is 0 Å². The first-order valence-electron chi connectivity index (χ1n) is 6.51. The summed E-state index contributed by atoms with van der Waals surface area (Å²) in [4.78, 5) is 13.4. The van der Waals surface area contributed by atoms with Gasteiger partial charge in [-0.1, -0.05) is 0 Å². The van der Waals surface area contributed by atoms with E-state index in [1.807, 2.05) is 0 Å². The van der Waals surface area contributed by atoms with Crippen LogP contribution >= 0.6 is 11.3 Å². The van der Waals surface area contributed by atoms with E-state index in [0.717, 1.165) is 35.8 Å². The van der Waals surface area contributed by atoms with Gasteiger partial charge in [0.1, 0.15) is 16.9 Å². The minimum Gasteiger partial charge on any atom is -0.398 e. The zero-order valence-electron chi connectivity index (χ0n) is 11.1. The zero-order chi connectivity index (χ0) is 15.0. The molecule has 0 aliphatic heterocycles. The first kappa shape index (κ1) is 13.6. The maximum Gasteiger partial charge on any atom is 0.258 e. The number of carbonyl (C=O) groups is 1. The number of carbonyl (C=O) groups excluding carboxylic acids is 1. The number of nitrogens with zero attached hydrogens (tertiary/aromatic N) is 1. The molecule has 1 heterocycles. The third-order valence-electron chi connectivity index (χ3n) is 3.52. The molecule has 2 aromatic rings. The van der Waals surface area contributed by atoms with Gasteiger partial charge in [-0.2, -0.15) is 5.26 Å². The number of nitrogens with two attached hydrogens (primary N) is 1. The summed E-state index contributed by atoms with van der Waals surface area (Å²) >= 11 is 1.44. The number of hydrogen-bond acceptors (Lipinski definition) is 4. The van der Waals surface area contributed by atoms with Crippen LogP contribution in [-0.4, -0.2) is 5.91 Å². The standard InChI is InChI=1S/C15H12FN3OS/c16-8-4-5-10(12(18)6-8)14(20)19-15-11(7-17)9-2-1-3-13(9)21-15/h4-6H,1-3,18H2,(H,19,20). The van der Waals surface area contributed by atoms with Crippen molar-refractivity contribution in [2.75, 3.05) is 11.1 Å². The number of amides is 1. The van der Waals surface area contributed by atoms with Crippen LogP contribution in [0.5, 0.6) is 0 Å². The average Bonchev–Trinajstić information content (AvgIpc) is 2.98. The van der Waals surface area contributed by atoms with Gasteiger partial charge in [-0.15, -0.1) is 11.3 Å². The molecule has 0 spiro atoms. The molecule has 1 aromatic heterocycles. The number of anilines is 2. The van der Waals surface area contributed by atoms with Gasteiger partial charge in [-0.25, -0.2) is 4.39 Å². The summed E-state index contributed by atoms with van der Waals surface area (Å²) in [7, 11) is 0. The van der Waals surface area contributed by atoms with Crippen molar-refractivity contribution in [3.05, 3.63) is 45.6 Å². The molecule has 21 heavy (non-hydrogen) atoms. The highest BCUT2D eigenvalue weighted by atomic mass is 32.1.